The van der Waals surface area contributed by atoms with Crippen LogP contribution in [0.1, 0.15) is 0 Å². The van der Waals surface area contributed by atoms with Gasteiger partial charge >= 0.3 is 0 Å². The van der Waals surface area contributed by atoms with E-state index in [1.165, 1.54) is 0 Å². The van der Waals surface area contributed by atoms with Crippen LogP contribution in [-0.2, 0) is 0 Å². The SMILES string of the molecule is C1=NNC2=NC12. The molecule has 0 spiro atoms. The predicted molar refractivity (Wildman–Crippen MR) is 22.9 cm³/mol. The van der Waals surface area contributed by atoms with E-state index in [4.69, 9.17) is 0 Å². The van der Waals surface area contributed by atoms with Crippen LogP contribution in [0.2, 0.25) is 0 Å². The van der Waals surface area contributed by atoms with Gasteiger partial charge in [0.05, 0.1) is 6.21 Å². The summed E-state index contributed by atoms with van der Waals surface area (Å²) in [6.45, 7) is 0. The zero-order valence-corrected chi connectivity index (χ0v) is 3.05. The van der Waals surface area contributed by atoms with E-state index in [-0.39, 0.29) is 0 Å². The van der Waals surface area contributed by atoms with Gasteiger partial charge in [0.15, 0.2) is 0 Å². The Labute approximate surface area is 34.8 Å². The van der Waals surface area contributed by atoms with Crippen LogP contribution in [-0.4, -0.2) is 18.1 Å². The zero-order chi connectivity index (χ0) is 3.98. The molecule has 3 heteroatoms. The number of hydrazone groups is 1. The number of hydrogen-bond acceptors (Lipinski definition) is 3. The number of nitrogens with zero attached hydrogens (tertiary/aromatic N) is 2. The van der Waals surface area contributed by atoms with Crippen LogP contribution >= 0.6 is 0 Å². The van der Waals surface area contributed by atoms with Crippen LogP contribution in [0, 0.1) is 0 Å². The molecular formula is C3H3N3. The summed E-state index contributed by atoms with van der Waals surface area (Å²) in [5.41, 5.74) is 2.71. The van der Waals surface area contributed by atoms with E-state index in [1.807, 2.05) is 0 Å². The van der Waals surface area contributed by atoms with E-state index < -0.39 is 0 Å². The summed E-state index contributed by atoms with van der Waals surface area (Å²) in [4.78, 5) is 3.92. The largest absolute Gasteiger partial charge is 0.263 e. The molecule has 2 aliphatic rings. The van der Waals surface area contributed by atoms with Crippen molar-refractivity contribution in [3.8, 4) is 0 Å². The Balaban J connectivity index is 2.36. The van der Waals surface area contributed by atoms with Crippen LogP contribution in [0.25, 0.3) is 0 Å². The van der Waals surface area contributed by atoms with Crippen LogP contribution in [0.4, 0.5) is 0 Å². The molecule has 1 atom stereocenters. The molecule has 2 rings (SSSR count). The first-order valence-electron chi connectivity index (χ1n) is 1.84. The molecule has 0 amide bonds. The number of hydrogen-bond donors (Lipinski definition) is 1. The molecule has 0 aliphatic carbocycles. The number of nitrogens with one attached hydrogen (secondary N) is 1. The second-order valence-electron chi connectivity index (χ2n) is 1.35. The smallest absolute Gasteiger partial charge is 0.149 e. The minimum Gasteiger partial charge on any atom is -0.263 e. The molecule has 1 unspecified atom stereocenters. The molecule has 0 fully saturated rings. The topological polar surface area (TPSA) is 36.8 Å². The minimum atomic E-state index is 0.352. The van der Waals surface area contributed by atoms with Crippen molar-refractivity contribution in [3.63, 3.8) is 0 Å². The monoisotopic (exact) mass is 81.0 g/mol. The first-order valence-corrected chi connectivity index (χ1v) is 1.84. The molecule has 0 saturated carbocycles. The third-order valence-electron chi connectivity index (χ3n) is 0.885. The summed E-state index contributed by atoms with van der Waals surface area (Å²) in [5, 5.41) is 3.71. The van der Waals surface area contributed by atoms with E-state index in [0.717, 1.165) is 5.84 Å². The molecule has 0 bridgehead atoms. The van der Waals surface area contributed by atoms with Crippen molar-refractivity contribution in [2.75, 3.05) is 0 Å². The summed E-state index contributed by atoms with van der Waals surface area (Å²) >= 11 is 0. The molecular weight excluding hydrogens is 78.1 g/mol. The molecule has 0 radical (unpaired) electrons. The average molecular weight is 81.1 g/mol. The second-order valence-corrected chi connectivity index (χ2v) is 1.35. The molecule has 1 N–H and O–H groups in total. The maximum absolute atomic E-state index is 3.92. The van der Waals surface area contributed by atoms with Crippen molar-refractivity contribution >= 4 is 12.1 Å². The van der Waals surface area contributed by atoms with E-state index in [2.05, 4.69) is 15.5 Å². The van der Waals surface area contributed by atoms with E-state index in [0.29, 0.717) is 6.04 Å². The third kappa shape index (κ3) is 0.116. The van der Waals surface area contributed by atoms with Crippen LogP contribution in [0.5, 0.6) is 0 Å². The van der Waals surface area contributed by atoms with E-state index >= 15 is 0 Å². The zero-order valence-electron chi connectivity index (χ0n) is 3.05. The highest BCUT2D eigenvalue weighted by Gasteiger charge is 2.29. The number of fused-ring (bicyclic) bond motifs is 1. The fourth-order valence-corrected chi connectivity index (χ4v) is 0.486. The van der Waals surface area contributed by atoms with Gasteiger partial charge in [0.25, 0.3) is 0 Å². The number of rotatable bonds is 0. The van der Waals surface area contributed by atoms with Crippen molar-refractivity contribution in [3.05, 3.63) is 0 Å². The Morgan fingerprint density at radius 2 is 2.83 bits per heavy atom. The number of amidine groups is 1. The van der Waals surface area contributed by atoms with Crippen molar-refractivity contribution in [2.45, 2.75) is 6.04 Å². The summed E-state index contributed by atoms with van der Waals surface area (Å²) in [5.74, 6) is 1.02. The van der Waals surface area contributed by atoms with E-state index in [9.17, 15) is 0 Å². The minimum absolute atomic E-state index is 0.352. The standard InChI is InChI=1S/C3H3N3/c1-2-3(5-2)6-4-1/h1-2H,(H,5,6). The quantitative estimate of drug-likeness (QED) is 0.413. The molecule has 2 heterocycles. The Hall–Kier alpha value is -0.860. The fraction of sp³-hybridized carbons (Fsp3) is 0.333. The molecule has 0 aromatic rings. The van der Waals surface area contributed by atoms with Gasteiger partial charge in [-0.2, -0.15) is 5.10 Å². The van der Waals surface area contributed by atoms with Crippen LogP contribution in [0.15, 0.2) is 10.1 Å². The Morgan fingerprint density at radius 3 is 3.00 bits per heavy atom. The Morgan fingerprint density at radius 1 is 1.83 bits per heavy atom. The third-order valence-corrected chi connectivity index (χ3v) is 0.885. The maximum Gasteiger partial charge on any atom is 0.149 e. The van der Waals surface area contributed by atoms with Gasteiger partial charge in [0, 0.05) is 0 Å². The summed E-state index contributed by atoms with van der Waals surface area (Å²) < 4.78 is 0. The molecule has 30 valence electrons. The lowest BCUT2D eigenvalue weighted by Crippen LogP contribution is -2.02. The summed E-state index contributed by atoms with van der Waals surface area (Å²) in [6.07, 6.45) is 1.79. The molecule has 2 aliphatic heterocycles. The van der Waals surface area contributed by atoms with Gasteiger partial charge < -0.3 is 0 Å². The highest BCUT2D eigenvalue weighted by atomic mass is 15.4. The molecule has 0 aromatic heterocycles. The van der Waals surface area contributed by atoms with Crippen LogP contribution in [0.3, 0.4) is 0 Å². The molecule has 0 aromatic carbocycles. The Kier molecular flexibility index (Phi) is 0.190. The van der Waals surface area contributed by atoms with Crippen molar-refractivity contribution in [1.29, 1.82) is 0 Å². The highest BCUT2D eigenvalue weighted by Crippen LogP contribution is 2.09. The molecule has 3 nitrogen and oxygen atoms in total. The first kappa shape index (κ1) is 2.34. The van der Waals surface area contributed by atoms with Crippen molar-refractivity contribution < 1.29 is 0 Å². The van der Waals surface area contributed by atoms with Gasteiger partial charge in [0.2, 0.25) is 0 Å². The second kappa shape index (κ2) is 0.489. The first-order chi connectivity index (χ1) is 2.97. The summed E-state index contributed by atoms with van der Waals surface area (Å²) in [7, 11) is 0. The highest BCUT2D eigenvalue weighted by molar-refractivity contribution is 6.14. The van der Waals surface area contributed by atoms with Gasteiger partial charge in [-0.05, 0) is 0 Å². The van der Waals surface area contributed by atoms with Gasteiger partial charge in [-0.25, -0.2) is 0 Å². The molecule has 6 heavy (non-hydrogen) atoms. The van der Waals surface area contributed by atoms with Crippen LogP contribution < -0.4 is 5.43 Å². The predicted octanol–water partition coefficient (Wildman–Crippen LogP) is -0.644. The lowest BCUT2D eigenvalue weighted by Gasteiger charge is -1.72. The fourth-order valence-electron chi connectivity index (χ4n) is 0.486. The lowest BCUT2D eigenvalue weighted by molar-refractivity contribution is 1.08. The summed E-state index contributed by atoms with van der Waals surface area (Å²) in [6, 6.07) is 0.352. The molecule has 0 saturated heterocycles. The lowest BCUT2D eigenvalue weighted by atomic mass is 10.5. The van der Waals surface area contributed by atoms with Crippen molar-refractivity contribution in [2.24, 2.45) is 10.1 Å². The number of aliphatic imine (C=N–C) groups is 1. The van der Waals surface area contributed by atoms with Crippen molar-refractivity contribution in [1.82, 2.24) is 5.43 Å². The van der Waals surface area contributed by atoms with Gasteiger partial charge in [-0.3, -0.25) is 10.4 Å². The van der Waals surface area contributed by atoms with E-state index in [1.54, 1.807) is 6.21 Å². The van der Waals surface area contributed by atoms with Gasteiger partial charge in [0.1, 0.15) is 11.9 Å². The normalized spacial score (nSPS) is 34.7. The maximum atomic E-state index is 3.92. The average Bonchev–Trinajstić information content (AvgIpc) is 2.17. The Bertz CT molecular complexity index is 135. The van der Waals surface area contributed by atoms with Gasteiger partial charge in [-0.1, -0.05) is 0 Å². The van der Waals surface area contributed by atoms with Gasteiger partial charge in [-0.15, -0.1) is 0 Å².